The van der Waals surface area contributed by atoms with Crippen molar-refractivity contribution < 1.29 is 4.79 Å². The van der Waals surface area contributed by atoms with Gasteiger partial charge in [-0.05, 0) is 44.4 Å². The lowest BCUT2D eigenvalue weighted by atomic mass is 9.95. The van der Waals surface area contributed by atoms with E-state index in [9.17, 15) is 9.59 Å². The number of thioether (sulfide) groups is 1. The highest BCUT2D eigenvalue weighted by Gasteiger charge is 2.22. The van der Waals surface area contributed by atoms with Crippen LogP contribution < -0.4 is 10.9 Å². The minimum Gasteiger partial charge on any atom is -0.353 e. The van der Waals surface area contributed by atoms with Crippen molar-refractivity contribution in [2.24, 2.45) is 0 Å². The molecule has 0 spiro atoms. The number of hydrogen-bond donors (Lipinski definition) is 1. The molecule has 0 bridgehead atoms. The summed E-state index contributed by atoms with van der Waals surface area (Å²) >= 11 is 7.45. The fourth-order valence-electron chi connectivity index (χ4n) is 3.87. The van der Waals surface area contributed by atoms with Crippen LogP contribution in [-0.2, 0) is 4.79 Å². The number of carbonyl (C=O) groups excluding carboxylic acids is 1. The summed E-state index contributed by atoms with van der Waals surface area (Å²) in [5.74, 6) is 0.223. The van der Waals surface area contributed by atoms with Gasteiger partial charge in [0, 0.05) is 17.1 Å². The SMILES string of the molecule is CCC[C@@H](C)NC(=O)CSc1nc2cc(Cl)ccc2c(=O)n1C1CCCCC1. The lowest BCUT2D eigenvalue weighted by molar-refractivity contribution is -0.119. The summed E-state index contributed by atoms with van der Waals surface area (Å²) in [5.41, 5.74) is 0.558. The monoisotopic (exact) mass is 421 g/mol. The topological polar surface area (TPSA) is 64.0 Å². The van der Waals surface area contributed by atoms with E-state index in [-0.39, 0.29) is 29.3 Å². The molecule has 1 amide bonds. The third-order valence-electron chi connectivity index (χ3n) is 5.23. The first-order valence-electron chi connectivity index (χ1n) is 10.1. The van der Waals surface area contributed by atoms with E-state index in [0.29, 0.717) is 21.1 Å². The van der Waals surface area contributed by atoms with Crippen LogP contribution in [0, 0.1) is 0 Å². The third-order valence-corrected chi connectivity index (χ3v) is 6.42. The van der Waals surface area contributed by atoms with Gasteiger partial charge in [-0.2, -0.15) is 0 Å². The summed E-state index contributed by atoms with van der Waals surface area (Å²) in [4.78, 5) is 30.3. The van der Waals surface area contributed by atoms with Gasteiger partial charge in [0.2, 0.25) is 5.91 Å². The first-order valence-corrected chi connectivity index (χ1v) is 11.5. The number of benzene rings is 1. The number of aromatic nitrogens is 2. The summed E-state index contributed by atoms with van der Waals surface area (Å²) in [6.45, 7) is 4.12. The Hall–Kier alpha value is -1.53. The van der Waals surface area contributed by atoms with Crippen LogP contribution in [0.3, 0.4) is 0 Å². The minimum atomic E-state index is -0.0316. The molecular weight excluding hydrogens is 394 g/mol. The smallest absolute Gasteiger partial charge is 0.262 e. The zero-order valence-electron chi connectivity index (χ0n) is 16.5. The average molecular weight is 422 g/mol. The second-order valence-corrected chi connectivity index (χ2v) is 8.95. The van der Waals surface area contributed by atoms with Crippen molar-refractivity contribution in [3.8, 4) is 0 Å². The molecule has 152 valence electrons. The largest absolute Gasteiger partial charge is 0.353 e. The van der Waals surface area contributed by atoms with Crippen molar-refractivity contribution in [3.05, 3.63) is 33.6 Å². The molecule has 5 nitrogen and oxygen atoms in total. The number of nitrogens with zero attached hydrogens (tertiary/aromatic N) is 2. The standard InChI is InChI=1S/C21H28ClN3O2S/c1-3-7-14(2)23-19(26)13-28-21-24-18-12-15(22)10-11-17(18)20(27)25(21)16-8-5-4-6-9-16/h10-12,14,16H,3-9,13H2,1-2H3,(H,23,26)/t14-/m1/s1. The van der Waals surface area contributed by atoms with Crippen molar-refractivity contribution in [2.45, 2.75) is 76.0 Å². The molecule has 0 radical (unpaired) electrons. The molecule has 1 atom stereocenters. The van der Waals surface area contributed by atoms with Crippen molar-refractivity contribution >= 4 is 40.2 Å². The van der Waals surface area contributed by atoms with Gasteiger partial charge in [-0.15, -0.1) is 0 Å². The van der Waals surface area contributed by atoms with Gasteiger partial charge >= 0.3 is 0 Å². The van der Waals surface area contributed by atoms with Crippen molar-refractivity contribution in [3.63, 3.8) is 0 Å². The third kappa shape index (κ3) is 5.09. The van der Waals surface area contributed by atoms with Gasteiger partial charge in [0.25, 0.3) is 5.56 Å². The van der Waals surface area contributed by atoms with E-state index >= 15 is 0 Å². The van der Waals surface area contributed by atoms with Gasteiger partial charge in [0.15, 0.2) is 5.16 Å². The number of halogens is 1. The highest BCUT2D eigenvalue weighted by Crippen LogP contribution is 2.31. The van der Waals surface area contributed by atoms with Crippen LogP contribution in [-0.4, -0.2) is 27.3 Å². The summed E-state index contributed by atoms with van der Waals surface area (Å²) in [5, 5.41) is 4.77. The maximum Gasteiger partial charge on any atom is 0.262 e. The Kier molecular flexibility index (Phi) is 7.41. The summed E-state index contributed by atoms with van der Waals surface area (Å²) in [6, 6.07) is 5.50. The first-order chi connectivity index (χ1) is 13.5. The van der Waals surface area contributed by atoms with Crippen LogP contribution in [0.5, 0.6) is 0 Å². The van der Waals surface area contributed by atoms with Gasteiger partial charge in [0.1, 0.15) is 0 Å². The lowest BCUT2D eigenvalue weighted by Gasteiger charge is -2.26. The molecule has 0 aliphatic heterocycles. The molecule has 1 aliphatic rings. The predicted octanol–water partition coefficient (Wildman–Crippen LogP) is 4.95. The maximum atomic E-state index is 13.2. The van der Waals surface area contributed by atoms with Gasteiger partial charge < -0.3 is 5.32 Å². The fourth-order valence-corrected chi connectivity index (χ4v) is 4.91. The minimum absolute atomic E-state index is 0.0263. The van der Waals surface area contributed by atoms with E-state index in [2.05, 4.69) is 12.2 Å². The quantitative estimate of drug-likeness (QED) is 0.507. The van der Waals surface area contributed by atoms with Gasteiger partial charge in [-0.1, -0.05) is 56.0 Å². The van der Waals surface area contributed by atoms with E-state index < -0.39 is 0 Å². The molecule has 0 unspecified atom stereocenters. The molecule has 1 aromatic heterocycles. The zero-order chi connectivity index (χ0) is 20.1. The average Bonchev–Trinajstić information content (AvgIpc) is 2.67. The molecule has 3 rings (SSSR count). The lowest BCUT2D eigenvalue weighted by Crippen LogP contribution is -2.34. The zero-order valence-corrected chi connectivity index (χ0v) is 18.1. The van der Waals surface area contributed by atoms with E-state index in [4.69, 9.17) is 16.6 Å². The molecule has 28 heavy (non-hydrogen) atoms. The van der Waals surface area contributed by atoms with Gasteiger partial charge in [0.05, 0.1) is 16.7 Å². The van der Waals surface area contributed by atoms with E-state index in [1.807, 2.05) is 11.5 Å². The summed E-state index contributed by atoms with van der Waals surface area (Å²) in [7, 11) is 0. The van der Waals surface area contributed by atoms with E-state index in [0.717, 1.165) is 38.5 Å². The summed E-state index contributed by atoms with van der Waals surface area (Å²) in [6.07, 6.45) is 7.40. The molecule has 1 N–H and O–H groups in total. The van der Waals surface area contributed by atoms with E-state index in [1.165, 1.54) is 18.2 Å². The fraction of sp³-hybridized carbons (Fsp3) is 0.571. The molecule has 0 saturated heterocycles. The van der Waals surface area contributed by atoms with Crippen LogP contribution in [0.4, 0.5) is 0 Å². The van der Waals surface area contributed by atoms with Crippen LogP contribution in [0.15, 0.2) is 28.2 Å². The Labute approximate surface area is 175 Å². The molecule has 1 heterocycles. The van der Waals surface area contributed by atoms with Crippen LogP contribution in [0.2, 0.25) is 5.02 Å². The van der Waals surface area contributed by atoms with Crippen LogP contribution in [0.1, 0.15) is 64.8 Å². The van der Waals surface area contributed by atoms with E-state index in [1.54, 1.807) is 18.2 Å². The van der Waals surface area contributed by atoms with Crippen molar-refractivity contribution in [1.82, 2.24) is 14.9 Å². The highest BCUT2D eigenvalue weighted by molar-refractivity contribution is 7.99. The Morgan fingerprint density at radius 3 is 2.82 bits per heavy atom. The first kappa shape index (κ1) is 21.2. The Balaban J connectivity index is 1.90. The second-order valence-electron chi connectivity index (χ2n) is 7.57. The van der Waals surface area contributed by atoms with Gasteiger partial charge in [-0.25, -0.2) is 4.98 Å². The summed E-state index contributed by atoms with van der Waals surface area (Å²) < 4.78 is 1.82. The Morgan fingerprint density at radius 1 is 1.36 bits per heavy atom. The Bertz CT molecular complexity index is 893. The van der Waals surface area contributed by atoms with Crippen LogP contribution >= 0.6 is 23.4 Å². The molecular formula is C21H28ClN3O2S. The van der Waals surface area contributed by atoms with Crippen LogP contribution in [0.25, 0.3) is 10.9 Å². The number of hydrogen-bond acceptors (Lipinski definition) is 4. The normalized spacial score (nSPS) is 16.2. The molecule has 2 aromatic rings. The number of carbonyl (C=O) groups is 1. The number of nitrogens with one attached hydrogen (secondary N) is 1. The van der Waals surface area contributed by atoms with Crippen molar-refractivity contribution in [2.75, 3.05) is 5.75 Å². The van der Waals surface area contributed by atoms with Gasteiger partial charge in [-0.3, -0.25) is 14.2 Å². The number of fused-ring (bicyclic) bond motifs is 1. The number of rotatable bonds is 7. The molecule has 1 aliphatic carbocycles. The maximum absolute atomic E-state index is 13.2. The molecule has 7 heteroatoms. The number of amides is 1. The molecule has 1 saturated carbocycles. The molecule has 1 fully saturated rings. The Morgan fingerprint density at radius 2 is 2.11 bits per heavy atom. The predicted molar refractivity (Wildman–Crippen MR) is 116 cm³/mol. The van der Waals surface area contributed by atoms with Crippen molar-refractivity contribution in [1.29, 1.82) is 0 Å². The molecule has 1 aromatic carbocycles. The second kappa shape index (κ2) is 9.79. The highest BCUT2D eigenvalue weighted by atomic mass is 35.5.